The van der Waals surface area contributed by atoms with Gasteiger partial charge in [0, 0.05) is 41.5 Å². The van der Waals surface area contributed by atoms with E-state index in [4.69, 9.17) is 4.52 Å². The third-order valence-corrected chi connectivity index (χ3v) is 4.93. The van der Waals surface area contributed by atoms with Gasteiger partial charge in [0.05, 0.1) is 0 Å². The van der Waals surface area contributed by atoms with Gasteiger partial charge in [-0.2, -0.15) is 4.98 Å². The van der Waals surface area contributed by atoms with Gasteiger partial charge >= 0.3 is 0 Å². The quantitative estimate of drug-likeness (QED) is 0.497. The number of hydrogen-bond acceptors (Lipinski definition) is 5. The predicted molar refractivity (Wildman–Crippen MR) is 110 cm³/mol. The molecule has 0 saturated heterocycles. The number of nitrogens with one attached hydrogen (secondary N) is 2. The highest BCUT2D eigenvalue weighted by Gasteiger charge is 2.25. The van der Waals surface area contributed by atoms with Crippen LogP contribution in [0.15, 0.2) is 59.5 Å². The summed E-state index contributed by atoms with van der Waals surface area (Å²) in [7, 11) is 0. The molecule has 4 aromatic rings. The van der Waals surface area contributed by atoms with Crippen LogP contribution < -0.4 is 5.32 Å². The van der Waals surface area contributed by atoms with Crippen molar-refractivity contribution in [1.29, 1.82) is 0 Å². The number of aryl methyl sites for hydroxylation is 1. The van der Waals surface area contributed by atoms with E-state index in [1.54, 1.807) is 12.4 Å². The van der Waals surface area contributed by atoms with Crippen LogP contribution in [0.3, 0.4) is 0 Å². The Hall–Kier alpha value is -3.48. The van der Waals surface area contributed by atoms with E-state index in [1.165, 1.54) is 0 Å². The number of para-hydroxylation sites is 1. The summed E-state index contributed by atoms with van der Waals surface area (Å²) in [6, 6.07) is 11.4. The molecule has 0 aliphatic heterocycles. The van der Waals surface area contributed by atoms with Crippen LogP contribution in [0.2, 0.25) is 0 Å². The molecule has 0 aliphatic carbocycles. The van der Waals surface area contributed by atoms with Gasteiger partial charge in [-0.1, -0.05) is 37.2 Å². The summed E-state index contributed by atoms with van der Waals surface area (Å²) in [4.78, 5) is 24.3. The Labute approximate surface area is 168 Å². The van der Waals surface area contributed by atoms with Gasteiger partial charge in [-0.25, -0.2) is 0 Å². The summed E-state index contributed by atoms with van der Waals surface area (Å²) in [6.45, 7) is 4.03. The average Bonchev–Trinajstić information content (AvgIpc) is 3.38. The van der Waals surface area contributed by atoms with Crippen LogP contribution in [0.1, 0.15) is 37.8 Å². The van der Waals surface area contributed by atoms with Gasteiger partial charge in [-0.05, 0) is 36.1 Å². The van der Waals surface area contributed by atoms with E-state index in [0.29, 0.717) is 24.6 Å². The number of rotatable bonds is 7. The van der Waals surface area contributed by atoms with Crippen molar-refractivity contribution in [3.63, 3.8) is 0 Å². The number of pyridine rings is 1. The second-order valence-electron chi connectivity index (χ2n) is 7.34. The molecule has 3 aromatic heterocycles. The fourth-order valence-corrected chi connectivity index (χ4v) is 3.33. The largest absolute Gasteiger partial charge is 0.361 e. The molecule has 7 heteroatoms. The zero-order chi connectivity index (χ0) is 20.2. The second-order valence-corrected chi connectivity index (χ2v) is 7.34. The molecule has 0 aliphatic rings. The van der Waals surface area contributed by atoms with Crippen molar-refractivity contribution in [1.82, 2.24) is 25.4 Å². The lowest BCUT2D eigenvalue weighted by Crippen LogP contribution is -2.32. The van der Waals surface area contributed by atoms with E-state index in [0.717, 1.165) is 22.0 Å². The summed E-state index contributed by atoms with van der Waals surface area (Å²) in [5.74, 6) is 0.962. The minimum Gasteiger partial charge on any atom is -0.361 e. The Bertz CT molecular complexity index is 1100. The zero-order valence-electron chi connectivity index (χ0n) is 16.4. The number of carbonyl (C=O) groups excluding carboxylic acids is 1. The molecule has 29 heavy (non-hydrogen) atoms. The molecule has 2 N–H and O–H groups in total. The molecule has 4 rings (SSSR count). The van der Waals surface area contributed by atoms with Crippen LogP contribution >= 0.6 is 0 Å². The van der Waals surface area contributed by atoms with Crippen LogP contribution in [-0.2, 0) is 11.2 Å². The monoisotopic (exact) mass is 389 g/mol. The van der Waals surface area contributed by atoms with Gasteiger partial charge in [-0.3, -0.25) is 9.78 Å². The van der Waals surface area contributed by atoms with Gasteiger partial charge in [0.15, 0.2) is 0 Å². The minimum absolute atomic E-state index is 0.0438. The lowest BCUT2D eigenvalue weighted by atomic mass is 10.0. The van der Waals surface area contributed by atoms with E-state index in [-0.39, 0.29) is 17.9 Å². The van der Waals surface area contributed by atoms with Crippen molar-refractivity contribution in [2.75, 3.05) is 0 Å². The molecule has 148 valence electrons. The lowest BCUT2D eigenvalue weighted by Gasteiger charge is -2.18. The average molecular weight is 389 g/mol. The Kier molecular flexibility index (Phi) is 5.37. The maximum Gasteiger partial charge on any atom is 0.249 e. The number of fused-ring (bicyclic) bond motifs is 1. The third-order valence-electron chi connectivity index (χ3n) is 4.93. The van der Waals surface area contributed by atoms with Gasteiger partial charge in [0.1, 0.15) is 6.04 Å². The summed E-state index contributed by atoms with van der Waals surface area (Å²) in [6.07, 6.45) is 6.37. The lowest BCUT2D eigenvalue weighted by molar-refractivity contribution is -0.122. The Morgan fingerprint density at radius 2 is 1.97 bits per heavy atom. The first-order valence-electron chi connectivity index (χ1n) is 9.70. The Morgan fingerprint density at radius 1 is 1.17 bits per heavy atom. The number of amides is 1. The molecule has 1 aromatic carbocycles. The highest BCUT2D eigenvalue weighted by molar-refractivity contribution is 5.84. The molecule has 0 spiro atoms. The topological polar surface area (TPSA) is 96.7 Å². The van der Waals surface area contributed by atoms with Crippen LogP contribution in [0.25, 0.3) is 22.3 Å². The van der Waals surface area contributed by atoms with Crippen molar-refractivity contribution in [3.05, 3.63) is 66.4 Å². The van der Waals surface area contributed by atoms with Gasteiger partial charge in [0.2, 0.25) is 17.6 Å². The first-order chi connectivity index (χ1) is 14.1. The number of hydrogen-bond donors (Lipinski definition) is 2. The van der Waals surface area contributed by atoms with Crippen molar-refractivity contribution in [2.24, 2.45) is 5.92 Å². The van der Waals surface area contributed by atoms with Gasteiger partial charge in [-0.15, -0.1) is 0 Å². The van der Waals surface area contributed by atoms with Crippen molar-refractivity contribution < 1.29 is 9.32 Å². The highest BCUT2D eigenvalue weighted by atomic mass is 16.5. The standard InChI is InChI=1S/C22H23N5O2/c1-14(2)20(22-26-21(27-29-22)15-9-11-23-12-10-15)25-19(28)8-7-16-13-24-18-6-4-3-5-17(16)18/h3-6,9-14,20,24H,7-8H2,1-2H3,(H,25,28). The SMILES string of the molecule is CC(C)C(NC(=O)CCc1c[nH]c2ccccc12)c1nc(-c2ccncc2)no1. The summed E-state index contributed by atoms with van der Waals surface area (Å²) < 4.78 is 5.45. The summed E-state index contributed by atoms with van der Waals surface area (Å²) >= 11 is 0. The molecule has 0 radical (unpaired) electrons. The van der Waals surface area contributed by atoms with E-state index >= 15 is 0 Å². The molecule has 0 bridgehead atoms. The minimum atomic E-state index is -0.339. The molecule has 3 heterocycles. The Morgan fingerprint density at radius 3 is 2.76 bits per heavy atom. The number of aromatic amines is 1. The molecule has 7 nitrogen and oxygen atoms in total. The summed E-state index contributed by atoms with van der Waals surface area (Å²) in [5.41, 5.74) is 3.04. The first kappa shape index (κ1) is 18.9. The predicted octanol–water partition coefficient (Wildman–Crippen LogP) is 4.06. The molecule has 1 amide bonds. The maximum atomic E-state index is 12.6. The van der Waals surface area contributed by atoms with E-state index in [1.807, 2.05) is 50.4 Å². The van der Waals surface area contributed by atoms with Crippen molar-refractivity contribution in [2.45, 2.75) is 32.7 Å². The molecule has 0 saturated carbocycles. The highest BCUT2D eigenvalue weighted by Crippen LogP contribution is 2.24. The van der Waals surface area contributed by atoms with Gasteiger partial charge < -0.3 is 14.8 Å². The van der Waals surface area contributed by atoms with Crippen LogP contribution in [0.5, 0.6) is 0 Å². The van der Waals surface area contributed by atoms with Crippen LogP contribution in [0, 0.1) is 5.92 Å². The van der Waals surface area contributed by atoms with Crippen LogP contribution in [0.4, 0.5) is 0 Å². The molecule has 0 fully saturated rings. The van der Waals surface area contributed by atoms with Crippen molar-refractivity contribution >= 4 is 16.8 Å². The molecular formula is C22H23N5O2. The molecule has 1 unspecified atom stereocenters. The van der Waals surface area contributed by atoms with E-state index < -0.39 is 0 Å². The van der Waals surface area contributed by atoms with E-state index in [9.17, 15) is 4.79 Å². The Balaban J connectivity index is 1.43. The maximum absolute atomic E-state index is 12.6. The third kappa shape index (κ3) is 4.18. The van der Waals surface area contributed by atoms with Crippen molar-refractivity contribution in [3.8, 4) is 11.4 Å². The first-order valence-corrected chi connectivity index (χ1v) is 9.70. The number of aromatic nitrogens is 4. The molecular weight excluding hydrogens is 366 g/mol. The summed E-state index contributed by atoms with van der Waals surface area (Å²) in [5, 5.41) is 8.25. The van der Waals surface area contributed by atoms with E-state index in [2.05, 4.69) is 31.5 Å². The zero-order valence-corrected chi connectivity index (χ0v) is 16.4. The normalized spacial score (nSPS) is 12.4. The van der Waals surface area contributed by atoms with Crippen LogP contribution in [-0.4, -0.2) is 26.0 Å². The number of H-pyrrole nitrogens is 1. The fraction of sp³-hybridized carbons (Fsp3) is 0.273. The smallest absolute Gasteiger partial charge is 0.249 e. The number of nitrogens with zero attached hydrogens (tertiary/aromatic N) is 3. The fourth-order valence-electron chi connectivity index (χ4n) is 3.33. The van der Waals surface area contributed by atoms with Gasteiger partial charge in [0.25, 0.3) is 0 Å². The number of carbonyl (C=O) groups is 1. The number of benzene rings is 1. The molecule has 1 atom stereocenters. The second kappa shape index (κ2) is 8.26.